The Hall–Kier alpha value is -1.78. The predicted octanol–water partition coefficient (Wildman–Crippen LogP) is -0.512. The molecule has 0 aliphatic carbocycles. The van der Waals surface area contributed by atoms with Crippen molar-refractivity contribution in [3.05, 3.63) is 12.3 Å². The van der Waals surface area contributed by atoms with Crippen LogP contribution >= 0.6 is 7.75 Å². The number of aliphatic imine (C=N–C) groups is 1. The molecule has 5 N–H and O–H groups in total. The number of carboxylic acid groups (broad SMARTS) is 1. The van der Waals surface area contributed by atoms with Crippen LogP contribution in [-0.4, -0.2) is 65.6 Å². The number of aliphatic carboxylic acids is 1. The normalized spacial score (nSPS) is 26.5. The number of carbonyl (C=O) groups excluding carboxylic acids is 1. The van der Waals surface area contributed by atoms with E-state index in [-0.39, 0.29) is 18.4 Å². The number of nitrogens with two attached hydrogens (primary N) is 1. The van der Waals surface area contributed by atoms with Gasteiger partial charge in [-0.1, -0.05) is 6.92 Å². The number of rotatable bonds is 10. The van der Waals surface area contributed by atoms with Crippen LogP contribution in [0.1, 0.15) is 13.3 Å². The highest BCUT2D eigenvalue weighted by Gasteiger charge is 2.36. The highest BCUT2D eigenvalue weighted by atomic mass is 31.2. The third-order valence-electron chi connectivity index (χ3n) is 3.41. The second kappa shape index (κ2) is 9.64. The lowest BCUT2D eigenvalue weighted by molar-refractivity contribution is -0.135. The third-order valence-corrected chi connectivity index (χ3v) is 4.47. The van der Waals surface area contributed by atoms with Crippen LogP contribution in [0.25, 0.3) is 0 Å². The molecule has 1 aliphatic heterocycles. The van der Waals surface area contributed by atoms with Gasteiger partial charge in [0.25, 0.3) is 0 Å². The Bertz CT molecular complexity index is 583. The van der Waals surface area contributed by atoms with Crippen molar-refractivity contribution < 1.29 is 33.4 Å². The van der Waals surface area contributed by atoms with Crippen molar-refractivity contribution in [1.82, 2.24) is 9.99 Å². The number of hydrogen-bond donors (Lipinski definition) is 4. The highest BCUT2D eigenvalue weighted by molar-refractivity contribution is 7.50. The lowest BCUT2D eigenvalue weighted by Crippen LogP contribution is -2.34. The monoisotopic (exact) mass is 378 g/mol. The largest absolute Gasteiger partial charge is 0.480 e. The smallest absolute Gasteiger partial charge is 0.403 e. The summed E-state index contributed by atoms with van der Waals surface area (Å²) in [6, 6.07) is 0. The summed E-state index contributed by atoms with van der Waals surface area (Å²) >= 11 is 0. The minimum Gasteiger partial charge on any atom is -0.480 e. The van der Waals surface area contributed by atoms with Crippen molar-refractivity contribution in [1.29, 1.82) is 0 Å². The fraction of sp³-hybridized carbons (Fsp3) is 0.615. The van der Waals surface area contributed by atoms with Gasteiger partial charge in [0.2, 0.25) is 6.41 Å². The SMILES string of the molecule is CN=C(N)/C=C\N(C=O)C1OC(COP(=O)(O)NCC(=O)O)CC1C. The molecule has 0 aromatic carbocycles. The van der Waals surface area contributed by atoms with Crippen molar-refractivity contribution in [2.45, 2.75) is 25.7 Å². The van der Waals surface area contributed by atoms with E-state index in [9.17, 15) is 19.0 Å². The average molecular weight is 378 g/mol. The van der Waals surface area contributed by atoms with E-state index < -0.39 is 32.6 Å². The first-order valence-corrected chi connectivity index (χ1v) is 8.99. The number of amides is 1. The van der Waals surface area contributed by atoms with E-state index in [2.05, 4.69) is 4.99 Å². The molecule has 1 rings (SSSR count). The zero-order chi connectivity index (χ0) is 19.0. The summed E-state index contributed by atoms with van der Waals surface area (Å²) in [5.74, 6) is -1.11. The maximum atomic E-state index is 11.6. The van der Waals surface area contributed by atoms with Gasteiger partial charge in [-0.25, -0.2) is 9.65 Å². The van der Waals surface area contributed by atoms with Crippen LogP contribution in [0.5, 0.6) is 0 Å². The van der Waals surface area contributed by atoms with Gasteiger partial charge in [-0.05, 0) is 12.5 Å². The molecule has 0 aromatic rings. The molecule has 1 aliphatic rings. The second-order valence-electron chi connectivity index (χ2n) is 5.42. The van der Waals surface area contributed by atoms with Crippen LogP contribution in [0.15, 0.2) is 17.3 Å². The minimum absolute atomic E-state index is 0.0618. The summed E-state index contributed by atoms with van der Waals surface area (Å²) in [6.45, 7) is 0.923. The van der Waals surface area contributed by atoms with Crippen molar-refractivity contribution in [2.75, 3.05) is 20.2 Å². The number of nitrogens with zero attached hydrogens (tertiary/aromatic N) is 2. The maximum absolute atomic E-state index is 11.6. The molecule has 12 heteroatoms. The fourth-order valence-electron chi connectivity index (χ4n) is 2.20. The van der Waals surface area contributed by atoms with Gasteiger partial charge < -0.3 is 20.5 Å². The first kappa shape index (κ1) is 21.3. The molecule has 1 fully saturated rings. The quantitative estimate of drug-likeness (QED) is 0.170. The van der Waals surface area contributed by atoms with E-state index >= 15 is 0 Å². The van der Waals surface area contributed by atoms with E-state index in [1.165, 1.54) is 24.2 Å². The summed E-state index contributed by atoms with van der Waals surface area (Å²) in [7, 11) is -2.73. The van der Waals surface area contributed by atoms with Crippen molar-refractivity contribution in [3.63, 3.8) is 0 Å². The molecule has 142 valence electrons. The van der Waals surface area contributed by atoms with Crippen molar-refractivity contribution >= 4 is 26.0 Å². The summed E-state index contributed by atoms with van der Waals surface area (Å²) in [5, 5.41) is 10.4. The van der Waals surface area contributed by atoms with Crippen molar-refractivity contribution in [3.8, 4) is 0 Å². The van der Waals surface area contributed by atoms with Crippen LogP contribution in [-0.2, 0) is 23.4 Å². The summed E-state index contributed by atoms with van der Waals surface area (Å²) < 4.78 is 22.1. The molecule has 0 bridgehead atoms. The van der Waals surface area contributed by atoms with Crippen molar-refractivity contribution in [2.24, 2.45) is 16.6 Å². The Morgan fingerprint density at radius 2 is 2.28 bits per heavy atom. The molecule has 4 unspecified atom stereocenters. The van der Waals surface area contributed by atoms with E-state index in [1.807, 2.05) is 12.0 Å². The molecular formula is C13H23N4O7P. The lowest BCUT2D eigenvalue weighted by Gasteiger charge is -2.24. The Morgan fingerprint density at radius 1 is 1.60 bits per heavy atom. The van der Waals surface area contributed by atoms with E-state index in [1.54, 1.807) is 0 Å². The fourth-order valence-corrected chi connectivity index (χ4v) is 3.00. The molecule has 0 spiro atoms. The standard InChI is InChI=1S/C13H23N4O7P/c1-9-5-10(7-23-25(21,22)16-6-12(19)20)24-13(9)17(8-18)4-3-11(14)15-2/h3-4,8-10,13H,5-7H2,1-2H3,(H2,14,15)(H,19,20)(H2,16,21,22)/b4-3-. The van der Waals surface area contributed by atoms with Crippen LogP contribution in [0, 0.1) is 5.92 Å². The minimum atomic E-state index is -4.24. The molecule has 0 radical (unpaired) electrons. The zero-order valence-corrected chi connectivity index (χ0v) is 14.8. The number of nitrogens with one attached hydrogen (secondary N) is 1. The Kier molecular flexibility index (Phi) is 8.20. The summed E-state index contributed by atoms with van der Waals surface area (Å²) in [5.41, 5.74) is 5.53. The van der Waals surface area contributed by atoms with Gasteiger partial charge in [-0.3, -0.25) is 24.0 Å². The Balaban J connectivity index is 2.59. The molecular weight excluding hydrogens is 355 g/mol. The maximum Gasteiger partial charge on any atom is 0.403 e. The van der Waals surface area contributed by atoms with Gasteiger partial charge in [0.1, 0.15) is 18.6 Å². The van der Waals surface area contributed by atoms with Crippen LogP contribution in [0.3, 0.4) is 0 Å². The van der Waals surface area contributed by atoms with Gasteiger partial charge in [0.05, 0.1) is 12.7 Å². The molecule has 1 heterocycles. The molecule has 1 saturated heterocycles. The molecule has 1 amide bonds. The van der Waals surface area contributed by atoms with Gasteiger partial charge in [-0.2, -0.15) is 0 Å². The predicted molar refractivity (Wildman–Crippen MR) is 88.4 cm³/mol. The second-order valence-corrected chi connectivity index (χ2v) is 7.04. The number of carboxylic acids is 1. The van der Waals surface area contributed by atoms with Crippen LogP contribution < -0.4 is 10.8 Å². The average Bonchev–Trinajstić information content (AvgIpc) is 2.93. The van der Waals surface area contributed by atoms with Gasteiger partial charge >= 0.3 is 13.7 Å². The third kappa shape index (κ3) is 7.32. The summed E-state index contributed by atoms with van der Waals surface area (Å²) in [4.78, 5) is 36.1. The van der Waals surface area contributed by atoms with Gasteiger partial charge in [0.15, 0.2) is 0 Å². The number of carbonyl (C=O) groups is 2. The molecule has 0 aromatic heterocycles. The highest BCUT2D eigenvalue weighted by Crippen LogP contribution is 2.38. The molecule has 0 saturated carbocycles. The molecule has 25 heavy (non-hydrogen) atoms. The van der Waals surface area contributed by atoms with Crippen LogP contribution in [0.4, 0.5) is 0 Å². The topological polar surface area (TPSA) is 164 Å². The van der Waals surface area contributed by atoms with Crippen LogP contribution in [0.2, 0.25) is 0 Å². The lowest BCUT2D eigenvalue weighted by atomic mass is 10.1. The number of amidine groups is 1. The Labute approximate surface area is 145 Å². The molecule has 11 nitrogen and oxygen atoms in total. The van der Waals surface area contributed by atoms with E-state index in [0.717, 1.165) is 0 Å². The van der Waals surface area contributed by atoms with Gasteiger partial charge in [0, 0.05) is 19.2 Å². The zero-order valence-electron chi connectivity index (χ0n) is 13.9. The van der Waals surface area contributed by atoms with Gasteiger partial charge in [-0.15, -0.1) is 0 Å². The number of hydrogen-bond acceptors (Lipinski definition) is 6. The summed E-state index contributed by atoms with van der Waals surface area (Å²) in [6.07, 6.45) is 2.84. The van der Waals surface area contributed by atoms with E-state index in [4.69, 9.17) is 20.1 Å². The van der Waals surface area contributed by atoms with E-state index in [0.29, 0.717) is 12.8 Å². The first-order chi connectivity index (χ1) is 11.7. The Morgan fingerprint density at radius 3 is 2.84 bits per heavy atom. The first-order valence-electron chi connectivity index (χ1n) is 7.41. The molecule has 4 atom stereocenters. The number of ether oxygens (including phenoxy) is 1.